The third-order valence-corrected chi connectivity index (χ3v) is 10.4. The first-order valence-electron chi connectivity index (χ1n) is 17.0. The molecule has 2 aromatic carbocycles. The van der Waals surface area contributed by atoms with Gasteiger partial charge in [-0.15, -0.1) is 0 Å². The predicted octanol–water partition coefficient (Wildman–Crippen LogP) is 5.15. The summed E-state index contributed by atoms with van der Waals surface area (Å²) in [5, 5.41) is 7.91. The van der Waals surface area contributed by atoms with Crippen molar-refractivity contribution in [2.75, 3.05) is 13.6 Å². The predicted molar refractivity (Wildman–Crippen MR) is 196 cm³/mol. The minimum atomic E-state index is -0.997. The molecule has 1 saturated carbocycles. The van der Waals surface area contributed by atoms with Crippen molar-refractivity contribution in [1.29, 1.82) is 0 Å². The van der Waals surface area contributed by atoms with Crippen molar-refractivity contribution in [3.8, 4) is 0 Å². The van der Waals surface area contributed by atoms with Crippen LogP contribution < -0.4 is 10.6 Å². The number of nitrogens with one attached hydrogen (secondary N) is 2. The topological polar surface area (TPSA) is 134 Å². The summed E-state index contributed by atoms with van der Waals surface area (Å²) in [5.74, 6) is -1.87. The maximum Gasteiger partial charge on any atom is 0.410 e. The quantitative estimate of drug-likeness (QED) is 0.193. The van der Waals surface area contributed by atoms with Crippen LogP contribution in [-0.2, 0) is 35.1 Å². The van der Waals surface area contributed by atoms with E-state index in [9.17, 15) is 24.0 Å². The zero-order valence-corrected chi connectivity index (χ0v) is 32.0. The minimum absolute atomic E-state index is 0.154. The van der Waals surface area contributed by atoms with E-state index >= 15 is 0 Å². The third-order valence-electron chi connectivity index (χ3n) is 9.11. The van der Waals surface area contributed by atoms with E-state index < -0.39 is 65.0 Å². The number of likely N-dealkylation sites (tertiary alicyclic amines) is 1. The standard InChI is InChI=1S/C37H51IN4O7/c1-22(41(8)35(47)49-37(5,6)7)31(43)40-30(36(2,3)4)33(45)42-19-18-27(38)29(42)32(44)39-28(34(46)48-26-14-11-15-26)21-23-16-17-24-12-9-10-13-25(24)20-23/h9-10,12-13,16-17,20,22,26-30H,11,14-15,18-19,21H2,1-8H3,(H,39,44)(H,40,43)/t22-,27?,28-,29-,30+/m0/s1. The molecule has 0 spiro atoms. The Labute approximate surface area is 303 Å². The molecule has 1 aliphatic heterocycles. The van der Waals surface area contributed by atoms with Crippen LogP contribution in [0.25, 0.3) is 10.8 Å². The molecule has 0 bridgehead atoms. The van der Waals surface area contributed by atoms with Crippen molar-refractivity contribution < 1.29 is 33.4 Å². The van der Waals surface area contributed by atoms with Gasteiger partial charge in [-0.25, -0.2) is 9.59 Å². The number of fused-ring (bicyclic) bond motifs is 1. The number of halogens is 1. The Kier molecular flexibility index (Phi) is 12.3. The van der Waals surface area contributed by atoms with Crippen LogP contribution in [0.5, 0.6) is 0 Å². The van der Waals surface area contributed by atoms with Crippen LogP contribution in [0, 0.1) is 5.41 Å². The summed E-state index contributed by atoms with van der Waals surface area (Å²) in [5.41, 5.74) is -0.595. The van der Waals surface area contributed by atoms with Crippen LogP contribution in [-0.4, -0.2) is 93.0 Å². The number of likely N-dealkylation sites (N-methyl/N-ethyl adjacent to an activating group) is 1. The minimum Gasteiger partial charge on any atom is -0.461 e. The van der Waals surface area contributed by atoms with Crippen molar-refractivity contribution in [3.63, 3.8) is 0 Å². The molecule has 2 N–H and O–H groups in total. The zero-order chi connectivity index (χ0) is 36.3. The summed E-state index contributed by atoms with van der Waals surface area (Å²) in [6, 6.07) is 10.1. The first-order chi connectivity index (χ1) is 22.9. The Morgan fingerprint density at radius 2 is 1.61 bits per heavy atom. The van der Waals surface area contributed by atoms with Gasteiger partial charge in [0.25, 0.3) is 0 Å². The van der Waals surface area contributed by atoms with Crippen molar-refractivity contribution in [2.45, 2.75) is 120 Å². The number of nitrogens with zero attached hydrogens (tertiary/aromatic N) is 2. The summed E-state index contributed by atoms with van der Waals surface area (Å²) < 4.78 is 11.0. The van der Waals surface area contributed by atoms with E-state index in [0.29, 0.717) is 13.0 Å². The number of benzene rings is 2. The summed E-state index contributed by atoms with van der Waals surface area (Å²) in [6.45, 7) is 12.6. The van der Waals surface area contributed by atoms with Gasteiger partial charge in [-0.05, 0) is 75.1 Å². The second kappa shape index (κ2) is 15.6. The lowest BCUT2D eigenvalue weighted by Crippen LogP contribution is -2.61. The van der Waals surface area contributed by atoms with E-state index in [2.05, 4.69) is 33.2 Å². The van der Waals surface area contributed by atoms with Gasteiger partial charge in [0, 0.05) is 23.9 Å². The Balaban J connectivity index is 1.52. The zero-order valence-electron chi connectivity index (χ0n) is 29.9. The first kappa shape index (κ1) is 38.4. The van der Waals surface area contributed by atoms with Crippen molar-refractivity contribution in [3.05, 3.63) is 48.0 Å². The number of hydrogen-bond donors (Lipinski definition) is 2. The van der Waals surface area contributed by atoms with E-state index in [1.54, 1.807) is 27.7 Å². The number of alkyl halides is 1. The van der Waals surface area contributed by atoms with Gasteiger partial charge in [0.15, 0.2) is 0 Å². The molecule has 2 aromatic rings. The third kappa shape index (κ3) is 9.85. The van der Waals surface area contributed by atoms with Crippen LogP contribution in [0.3, 0.4) is 0 Å². The van der Waals surface area contributed by atoms with Crippen molar-refractivity contribution >= 4 is 63.1 Å². The molecule has 0 aromatic heterocycles. The van der Waals surface area contributed by atoms with Gasteiger partial charge in [-0.1, -0.05) is 85.8 Å². The van der Waals surface area contributed by atoms with Crippen LogP contribution in [0.4, 0.5) is 4.79 Å². The lowest BCUT2D eigenvalue weighted by Gasteiger charge is -2.37. The molecule has 4 rings (SSSR count). The first-order valence-corrected chi connectivity index (χ1v) is 18.3. The molecule has 1 heterocycles. The summed E-state index contributed by atoms with van der Waals surface area (Å²) in [7, 11) is 1.47. The second-order valence-electron chi connectivity index (χ2n) is 15.3. The van der Waals surface area contributed by atoms with E-state index in [1.165, 1.54) is 16.8 Å². The van der Waals surface area contributed by atoms with E-state index in [4.69, 9.17) is 9.47 Å². The normalized spacial score (nSPS) is 20.1. The number of rotatable bonds is 10. The van der Waals surface area contributed by atoms with Crippen molar-refractivity contribution in [1.82, 2.24) is 20.4 Å². The fourth-order valence-electron chi connectivity index (χ4n) is 5.84. The molecule has 5 atom stereocenters. The van der Waals surface area contributed by atoms with Crippen LogP contribution in [0.2, 0.25) is 0 Å². The highest BCUT2D eigenvalue weighted by atomic mass is 127. The second-order valence-corrected chi connectivity index (χ2v) is 16.9. The molecular weight excluding hydrogens is 739 g/mol. The van der Waals surface area contributed by atoms with Gasteiger partial charge >= 0.3 is 12.1 Å². The van der Waals surface area contributed by atoms with E-state index in [1.807, 2.05) is 63.2 Å². The molecule has 12 heteroatoms. The summed E-state index contributed by atoms with van der Waals surface area (Å²) in [6.07, 6.45) is 2.58. The molecule has 2 aliphatic rings. The van der Waals surface area contributed by atoms with E-state index in [0.717, 1.165) is 35.6 Å². The molecule has 49 heavy (non-hydrogen) atoms. The summed E-state index contributed by atoms with van der Waals surface area (Å²) in [4.78, 5) is 70.6. The number of amides is 4. The van der Waals surface area contributed by atoms with Crippen LogP contribution in [0.15, 0.2) is 42.5 Å². The fraction of sp³-hybridized carbons (Fsp3) is 0.595. The molecule has 1 saturated heterocycles. The van der Waals surface area contributed by atoms with Gasteiger partial charge in [-0.3, -0.25) is 19.3 Å². The lowest BCUT2D eigenvalue weighted by molar-refractivity contribution is -0.157. The molecule has 11 nitrogen and oxygen atoms in total. The smallest absolute Gasteiger partial charge is 0.410 e. The highest BCUT2D eigenvalue weighted by molar-refractivity contribution is 14.1. The highest BCUT2D eigenvalue weighted by Gasteiger charge is 2.46. The number of esters is 1. The SMILES string of the molecule is C[C@@H](C(=O)N[C@H](C(=O)N1CCC(I)[C@H]1C(=O)N[C@@H](Cc1ccc2ccccc2c1)C(=O)OC1CCC1)C(C)(C)C)N(C)C(=O)OC(C)(C)C. The molecule has 1 aliphatic carbocycles. The molecule has 2 fully saturated rings. The monoisotopic (exact) mass is 790 g/mol. The van der Waals surface area contributed by atoms with E-state index in [-0.39, 0.29) is 16.4 Å². The maximum atomic E-state index is 14.3. The number of carbonyl (C=O) groups is 5. The van der Waals surface area contributed by atoms with Gasteiger partial charge in [0.1, 0.15) is 35.9 Å². The summed E-state index contributed by atoms with van der Waals surface area (Å²) >= 11 is 2.18. The van der Waals surface area contributed by atoms with Crippen LogP contribution >= 0.6 is 22.6 Å². The highest BCUT2D eigenvalue weighted by Crippen LogP contribution is 2.30. The van der Waals surface area contributed by atoms with Gasteiger partial charge in [0.2, 0.25) is 17.7 Å². The van der Waals surface area contributed by atoms with Crippen LogP contribution in [0.1, 0.15) is 79.7 Å². The molecule has 4 amide bonds. The lowest BCUT2D eigenvalue weighted by atomic mass is 9.85. The van der Waals surface area contributed by atoms with Crippen molar-refractivity contribution in [2.24, 2.45) is 5.41 Å². The Morgan fingerprint density at radius 3 is 2.20 bits per heavy atom. The molecule has 1 unspecified atom stereocenters. The van der Waals surface area contributed by atoms with Gasteiger partial charge < -0.3 is 25.0 Å². The number of hydrogen-bond acceptors (Lipinski definition) is 7. The van der Waals surface area contributed by atoms with Gasteiger partial charge in [0.05, 0.1) is 0 Å². The number of ether oxygens (including phenoxy) is 2. The van der Waals surface area contributed by atoms with Gasteiger partial charge in [-0.2, -0.15) is 0 Å². The Morgan fingerprint density at radius 1 is 0.959 bits per heavy atom. The number of carbonyl (C=O) groups excluding carboxylic acids is 5. The average molecular weight is 791 g/mol. The largest absolute Gasteiger partial charge is 0.461 e. The fourth-order valence-corrected chi connectivity index (χ4v) is 6.83. The average Bonchev–Trinajstić information content (AvgIpc) is 3.39. The Hall–Kier alpha value is -3.42. The Bertz CT molecular complexity index is 1550. The molecule has 0 radical (unpaired) electrons. The maximum absolute atomic E-state index is 14.3. The molecule has 268 valence electrons. The molecular formula is C37H51IN4O7.